The molecule has 5 nitrogen and oxygen atoms in total. The molecule has 0 spiro atoms. The summed E-state index contributed by atoms with van der Waals surface area (Å²) in [5.41, 5.74) is 2.23. The Hall–Kier alpha value is -2.30. The van der Waals surface area contributed by atoms with Gasteiger partial charge in [-0.05, 0) is 31.9 Å². The molecular formula is C17H21N3O2. The SMILES string of the molecule is Cc1nc2c([nH]1)C[C@@H](C(=O)NCCOc1ccccc1)CC2. The number of benzene rings is 1. The van der Waals surface area contributed by atoms with Crippen LogP contribution in [0.25, 0.3) is 0 Å². The first-order valence-corrected chi connectivity index (χ1v) is 7.72. The largest absolute Gasteiger partial charge is 0.492 e. The zero-order chi connectivity index (χ0) is 15.4. The van der Waals surface area contributed by atoms with Crippen LogP contribution >= 0.6 is 0 Å². The Bertz CT molecular complexity index is 637. The van der Waals surface area contributed by atoms with Gasteiger partial charge in [-0.2, -0.15) is 0 Å². The average Bonchev–Trinajstić information content (AvgIpc) is 2.91. The number of fused-ring (bicyclic) bond motifs is 1. The molecule has 0 saturated carbocycles. The van der Waals surface area contributed by atoms with E-state index in [2.05, 4.69) is 15.3 Å². The maximum atomic E-state index is 12.2. The van der Waals surface area contributed by atoms with Gasteiger partial charge in [-0.3, -0.25) is 4.79 Å². The Labute approximate surface area is 130 Å². The zero-order valence-electron chi connectivity index (χ0n) is 12.8. The number of carbonyl (C=O) groups excluding carboxylic acids is 1. The highest BCUT2D eigenvalue weighted by atomic mass is 16.5. The topological polar surface area (TPSA) is 67.0 Å². The van der Waals surface area contributed by atoms with Crippen molar-refractivity contribution >= 4 is 5.91 Å². The van der Waals surface area contributed by atoms with Gasteiger partial charge in [0, 0.05) is 18.0 Å². The van der Waals surface area contributed by atoms with E-state index in [1.165, 1.54) is 0 Å². The van der Waals surface area contributed by atoms with Gasteiger partial charge in [0.2, 0.25) is 5.91 Å². The van der Waals surface area contributed by atoms with Crippen molar-refractivity contribution in [3.8, 4) is 5.75 Å². The summed E-state index contributed by atoms with van der Waals surface area (Å²) in [7, 11) is 0. The molecule has 1 aromatic heterocycles. The van der Waals surface area contributed by atoms with Crippen LogP contribution < -0.4 is 10.1 Å². The van der Waals surface area contributed by atoms with Gasteiger partial charge in [0.25, 0.3) is 0 Å². The number of nitrogens with one attached hydrogen (secondary N) is 2. The second-order valence-corrected chi connectivity index (χ2v) is 5.64. The molecule has 0 radical (unpaired) electrons. The third kappa shape index (κ3) is 3.47. The summed E-state index contributed by atoms with van der Waals surface area (Å²) >= 11 is 0. The van der Waals surface area contributed by atoms with Gasteiger partial charge >= 0.3 is 0 Å². The second-order valence-electron chi connectivity index (χ2n) is 5.64. The van der Waals surface area contributed by atoms with Crippen molar-refractivity contribution in [3.63, 3.8) is 0 Å². The van der Waals surface area contributed by atoms with Crippen molar-refractivity contribution in [2.45, 2.75) is 26.2 Å². The van der Waals surface area contributed by atoms with Crippen LogP contribution in [-0.4, -0.2) is 29.0 Å². The molecule has 2 aromatic rings. The summed E-state index contributed by atoms with van der Waals surface area (Å²) in [6.45, 7) is 2.96. The predicted molar refractivity (Wildman–Crippen MR) is 83.8 cm³/mol. The number of aryl methyl sites for hydroxylation is 2. The number of carbonyl (C=O) groups is 1. The smallest absolute Gasteiger partial charge is 0.223 e. The van der Waals surface area contributed by atoms with Crippen LogP contribution in [0.1, 0.15) is 23.6 Å². The van der Waals surface area contributed by atoms with E-state index in [4.69, 9.17) is 4.74 Å². The molecule has 22 heavy (non-hydrogen) atoms. The number of ether oxygens (including phenoxy) is 1. The standard InChI is InChI=1S/C17H21N3O2/c1-12-19-15-8-7-13(11-16(15)20-12)17(21)18-9-10-22-14-5-3-2-4-6-14/h2-6,13H,7-11H2,1H3,(H,18,21)(H,19,20)/t13-/m0/s1. The normalized spacial score (nSPS) is 16.9. The van der Waals surface area contributed by atoms with E-state index in [-0.39, 0.29) is 11.8 Å². The Kier molecular flexibility index (Phi) is 4.42. The number of nitrogens with zero attached hydrogens (tertiary/aromatic N) is 1. The van der Waals surface area contributed by atoms with Crippen LogP contribution in [0.15, 0.2) is 30.3 Å². The number of hydrogen-bond donors (Lipinski definition) is 2. The molecular weight excluding hydrogens is 278 g/mol. The van der Waals surface area contributed by atoms with Crippen molar-refractivity contribution in [2.24, 2.45) is 5.92 Å². The highest BCUT2D eigenvalue weighted by molar-refractivity contribution is 5.79. The fourth-order valence-corrected chi connectivity index (χ4v) is 2.85. The van der Waals surface area contributed by atoms with Gasteiger partial charge in [-0.1, -0.05) is 18.2 Å². The fourth-order valence-electron chi connectivity index (χ4n) is 2.85. The number of hydrogen-bond acceptors (Lipinski definition) is 3. The van der Waals surface area contributed by atoms with Gasteiger partial charge in [-0.25, -0.2) is 4.98 Å². The molecule has 1 aliphatic rings. The third-order valence-corrected chi connectivity index (χ3v) is 3.95. The first-order chi connectivity index (χ1) is 10.7. The van der Waals surface area contributed by atoms with Gasteiger partial charge < -0.3 is 15.0 Å². The van der Waals surface area contributed by atoms with E-state index in [0.717, 1.165) is 42.2 Å². The molecule has 0 unspecified atom stereocenters. The van der Waals surface area contributed by atoms with E-state index in [1.54, 1.807) is 0 Å². The monoisotopic (exact) mass is 299 g/mol. The molecule has 0 saturated heterocycles. The Morgan fingerprint density at radius 1 is 1.41 bits per heavy atom. The maximum Gasteiger partial charge on any atom is 0.223 e. The minimum atomic E-state index is 0.0316. The fraction of sp³-hybridized carbons (Fsp3) is 0.412. The van der Waals surface area contributed by atoms with E-state index >= 15 is 0 Å². The minimum absolute atomic E-state index is 0.0316. The van der Waals surface area contributed by atoms with Crippen LogP contribution in [0, 0.1) is 12.8 Å². The van der Waals surface area contributed by atoms with Gasteiger partial charge in [0.15, 0.2) is 0 Å². The van der Waals surface area contributed by atoms with E-state index in [1.807, 2.05) is 37.3 Å². The van der Waals surface area contributed by atoms with Crippen LogP contribution in [0.4, 0.5) is 0 Å². The summed E-state index contributed by atoms with van der Waals surface area (Å²) in [6.07, 6.45) is 2.49. The molecule has 1 heterocycles. The molecule has 1 aromatic carbocycles. The summed E-state index contributed by atoms with van der Waals surface area (Å²) in [5.74, 6) is 1.90. The summed E-state index contributed by atoms with van der Waals surface area (Å²) in [5, 5.41) is 2.96. The summed E-state index contributed by atoms with van der Waals surface area (Å²) < 4.78 is 5.57. The predicted octanol–water partition coefficient (Wildman–Crippen LogP) is 2.02. The van der Waals surface area contributed by atoms with Crippen molar-refractivity contribution in [1.82, 2.24) is 15.3 Å². The second kappa shape index (κ2) is 6.64. The Morgan fingerprint density at radius 3 is 3.05 bits per heavy atom. The van der Waals surface area contributed by atoms with Crippen LogP contribution in [-0.2, 0) is 17.6 Å². The first kappa shape index (κ1) is 14.6. The lowest BCUT2D eigenvalue weighted by Crippen LogP contribution is -2.36. The molecule has 1 aliphatic carbocycles. The molecule has 116 valence electrons. The van der Waals surface area contributed by atoms with E-state index in [0.29, 0.717) is 13.2 Å². The molecule has 5 heteroatoms. The molecule has 0 fully saturated rings. The lowest BCUT2D eigenvalue weighted by atomic mass is 9.89. The van der Waals surface area contributed by atoms with Crippen LogP contribution in [0.3, 0.4) is 0 Å². The quantitative estimate of drug-likeness (QED) is 0.830. The zero-order valence-corrected chi connectivity index (χ0v) is 12.8. The van der Waals surface area contributed by atoms with Crippen LogP contribution in [0.2, 0.25) is 0 Å². The Morgan fingerprint density at radius 2 is 2.23 bits per heavy atom. The lowest BCUT2D eigenvalue weighted by Gasteiger charge is -2.20. The van der Waals surface area contributed by atoms with Crippen molar-refractivity contribution in [2.75, 3.05) is 13.2 Å². The molecule has 2 N–H and O–H groups in total. The Balaban J connectivity index is 1.43. The van der Waals surface area contributed by atoms with Crippen LogP contribution in [0.5, 0.6) is 5.75 Å². The number of rotatable bonds is 5. The summed E-state index contributed by atoms with van der Waals surface area (Å²) in [6, 6.07) is 9.62. The van der Waals surface area contributed by atoms with Gasteiger partial charge in [-0.15, -0.1) is 0 Å². The first-order valence-electron chi connectivity index (χ1n) is 7.72. The van der Waals surface area contributed by atoms with Crippen molar-refractivity contribution < 1.29 is 9.53 Å². The highest BCUT2D eigenvalue weighted by Crippen LogP contribution is 2.23. The van der Waals surface area contributed by atoms with Gasteiger partial charge in [0.05, 0.1) is 12.2 Å². The maximum absolute atomic E-state index is 12.2. The van der Waals surface area contributed by atoms with Crippen molar-refractivity contribution in [3.05, 3.63) is 47.5 Å². The number of H-pyrrole nitrogens is 1. The van der Waals surface area contributed by atoms with E-state index < -0.39 is 0 Å². The molecule has 1 amide bonds. The molecule has 0 aliphatic heterocycles. The van der Waals surface area contributed by atoms with Gasteiger partial charge in [0.1, 0.15) is 18.2 Å². The lowest BCUT2D eigenvalue weighted by molar-refractivity contribution is -0.125. The molecule has 1 atom stereocenters. The van der Waals surface area contributed by atoms with Crippen molar-refractivity contribution in [1.29, 1.82) is 0 Å². The summed E-state index contributed by atoms with van der Waals surface area (Å²) in [4.78, 5) is 19.9. The number of para-hydroxylation sites is 1. The molecule has 0 bridgehead atoms. The minimum Gasteiger partial charge on any atom is -0.492 e. The number of aromatic amines is 1. The number of imidazole rings is 1. The third-order valence-electron chi connectivity index (χ3n) is 3.95. The molecule has 3 rings (SSSR count). The number of amides is 1. The average molecular weight is 299 g/mol. The van der Waals surface area contributed by atoms with E-state index in [9.17, 15) is 4.79 Å². The highest BCUT2D eigenvalue weighted by Gasteiger charge is 2.26. The number of aromatic nitrogens is 2.